The van der Waals surface area contributed by atoms with E-state index < -0.39 is 52.0 Å². The van der Waals surface area contributed by atoms with Gasteiger partial charge in [-0.15, -0.1) is 0 Å². The van der Waals surface area contributed by atoms with Crippen LogP contribution < -0.4 is 252 Å². The summed E-state index contributed by atoms with van der Waals surface area (Å²) in [5.41, 5.74) is -2.74. The Morgan fingerprint density at radius 2 is 0.897 bits per heavy atom. The summed E-state index contributed by atoms with van der Waals surface area (Å²) in [7, 11) is -9.78. The maximum atomic E-state index is 10.3. The molecule has 0 spiro atoms. The summed E-state index contributed by atoms with van der Waals surface area (Å²) in [5.74, 6) is -5.02. The van der Waals surface area contributed by atoms with Crippen LogP contribution in [0.5, 0.6) is 0 Å². The normalized spacial score (nSPS) is 8.93. The molecule has 0 bridgehead atoms. The van der Waals surface area contributed by atoms with Crippen molar-refractivity contribution < 1.29 is 315 Å². The predicted molar refractivity (Wildman–Crippen MR) is 61.2 cm³/mol. The van der Waals surface area contributed by atoms with Crippen LogP contribution in [0, 0.1) is 0 Å². The van der Waals surface area contributed by atoms with Crippen molar-refractivity contribution in [2.45, 2.75) is 18.4 Å². The van der Waals surface area contributed by atoms with Gasteiger partial charge in [-0.1, -0.05) is 0 Å². The number of aliphatic hydroxyl groups is 1. The predicted octanol–water partition coefficient (Wildman–Crippen LogP) is -22.3. The fraction of sp³-hybridized carbons (Fsp3) is 0.500. The topological polar surface area (TPSA) is 293 Å². The molecule has 0 saturated heterocycles. The Balaban J connectivity index is -0.0000000310. The van der Waals surface area contributed by atoms with E-state index in [1.807, 2.05) is 0 Å². The maximum Gasteiger partial charge on any atom is 1.00 e. The number of aliphatic carboxylic acids is 3. The molecule has 0 aliphatic rings. The van der Waals surface area contributed by atoms with Crippen LogP contribution in [0.2, 0.25) is 0 Å². The summed E-state index contributed by atoms with van der Waals surface area (Å²) in [6.45, 7) is 0. The van der Waals surface area contributed by atoms with E-state index in [1.54, 1.807) is 0 Å². The van der Waals surface area contributed by atoms with Gasteiger partial charge in [0.15, 0.2) is 5.60 Å². The van der Waals surface area contributed by atoms with E-state index >= 15 is 0 Å². The van der Waals surface area contributed by atoms with Gasteiger partial charge in [0.25, 0.3) is 0 Å². The summed E-state index contributed by atoms with van der Waals surface area (Å²) in [6, 6.07) is 0. The summed E-state index contributed by atoms with van der Waals surface area (Å²) in [6.07, 6.45) is -2.29. The van der Waals surface area contributed by atoms with Crippen molar-refractivity contribution in [2.75, 3.05) is 0 Å². The fourth-order valence-corrected chi connectivity index (χ4v) is 0.714. The number of carboxylic acid groups (broad SMARTS) is 3. The first-order chi connectivity index (χ1) is 9.78. The van der Waals surface area contributed by atoms with Crippen molar-refractivity contribution in [2.24, 2.45) is 0 Å². The van der Waals surface area contributed by atoms with E-state index in [1.165, 1.54) is 0 Å². The van der Waals surface area contributed by atoms with Crippen molar-refractivity contribution >= 4 is 33.6 Å². The number of hydrogen-bond donors (Lipinski definition) is 8. The molecule has 0 radical (unpaired) electrons. The Hall–Kier alpha value is 6.16. The molecule has 0 fully saturated rings. The zero-order valence-electron chi connectivity index (χ0n) is 15.5. The van der Waals surface area contributed by atoms with Crippen LogP contribution in [0.25, 0.3) is 0 Å². The number of hydrogen-bond acceptors (Lipinski definition) is 8. The first-order valence-electron chi connectivity index (χ1n) is 4.70. The average molecular weight is 705 g/mol. The second kappa shape index (κ2) is 30.4. The molecule has 154 valence electrons. The van der Waals surface area contributed by atoms with Crippen LogP contribution in [-0.2, 0) is 23.5 Å². The first kappa shape index (κ1) is 59.9. The first-order valence-corrected chi connectivity index (χ1v) is 7.76. The number of rotatable bonds is 5. The van der Waals surface area contributed by atoms with Gasteiger partial charge in [0.2, 0.25) is 0 Å². The molecule has 23 heteroatoms. The number of phosphoric acid groups is 2. The minimum atomic E-state index is -5.14. The van der Waals surface area contributed by atoms with Crippen molar-refractivity contribution in [3.05, 3.63) is 0 Å². The van der Waals surface area contributed by atoms with E-state index in [0.717, 1.165) is 0 Å². The molecule has 15 nitrogen and oxygen atoms in total. The van der Waals surface area contributed by atoms with E-state index in [9.17, 15) is 14.4 Å². The number of carboxylic acids is 3. The molecule has 0 aromatic heterocycles. The molecule has 8 N–H and O–H groups in total. The summed E-state index contributed by atoms with van der Waals surface area (Å²) < 4.78 is 17.5. The smallest absolute Gasteiger partial charge is 1.00 e. The Kier molecular flexibility index (Phi) is 62.8. The van der Waals surface area contributed by atoms with Crippen LogP contribution in [0.1, 0.15) is 12.8 Å². The quantitative estimate of drug-likeness (QED) is 0.0749. The molecule has 0 aliphatic carbocycles. The second-order valence-corrected chi connectivity index (χ2v) is 5.42. The molecule has 0 rings (SSSR count). The minimum absolute atomic E-state index is 0. The van der Waals surface area contributed by atoms with Gasteiger partial charge in [-0.05, 0) is 0 Å². The van der Waals surface area contributed by atoms with Crippen molar-refractivity contribution in [1.82, 2.24) is 0 Å². The van der Waals surface area contributed by atoms with Gasteiger partial charge in [0, 0.05) is 0 Å². The van der Waals surface area contributed by atoms with E-state index in [-0.39, 0.29) is 242 Å². The molecule has 0 heterocycles. The molecular formula is C6H12ClIK4O15P2. The van der Waals surface area contributed by atoms with Crippen molar-refractivity contribution in [1.29, 1.82) is 0 Å². The number of carbonyl (C=O) groups is 3. The van der Waals surface area contributed by atoms with Gasteiger partial charge >= 0.3 is 231 Å². The van der Waals surface area contributed by atoms with E-state index in [0.29, 0.717) is 0 Å². The third-order valence-corrected chi connectivity index (χ3v) is 1.29. The van der Waals surface area contributed by atoms with Crippen LogP contribution in [0.15, 0.2) is 0 Å². The van der Waals surface area contributed by atoms with Crippen LogP contribution >= 0.6 is 15.6 Å². The molecule has 29 heavy (non-hydrogen) atoms. The molecule has 0 aliphatic heterocycles. The zero-order valence-corrected chi connectivity index (χ0v) is 32.7. The molecule has 0 aromatic carbocycles. The average Bonchev–Trinajstić information content (AvgIpc) is 2.07. The Labute approximate surface area is 357 Å². The SMILES string of the molecule is O=C(O)CC(O)(CC(=O)O)C(=O)O.O=P(O)(O)O.O=P([O-])([O-])O.[Cl-].[I-].[K+].[K+].[K+].[K+]. The molecule has 0 atom stereocenters. The van der Waals surface area contributed by atoms with Gasteiger partial charge in [-0.3, -0.25) is 9.59 Å². The Bertz CT molecular complexity index is 474. The summed E-state index contributed by atoms with van der Waals surface area (Å²) in [5, 5.41) is 33.8. The Morgan fingerprint density at radius 1 is 0.759 bits per heavy atom. The largest absolute Gasteiger partial charge is 1.00 e. The molecule has 0 saturated carbocycles. The number of halogens is 2. The third-order valence-electron chi connectivity index (χ3n) is 1.29. The monoisotopic (exact) mass is 704 g/mol. The van der Waals surface area contributed by atoms with Crippen LogP contribution in [-0.4, -0.2) is 63.5 Å². The standard InChI is InChI=1S/C6H8O7.ClH.HI.4K.2H3O4P/c7-3(8)1-6(13,5(11)12)2-4(9)10;;;;;;;2*1-5(2,3)4/h13H,1-2H2,(H,7,8)(H,9,10)(H,11,12);2*1H;;;;;2*(H3,1,2,3,4)/q;;;4*+1;;/p-4. The fourth-order valence-electron chi connectivity index (χ4n) is 0.714. The molecular weight excluding hydrogens is 693 g/mol. The molecule has 0 unspecified atom stereocenters. The molecule has 0 aromatic rings. The van der Waals surface area contributed by atoms with E-state index in [4.69, 9.17) is 58.9 Å². The van der Waals surface area contributed by atoms with Crippen LogP contribution in [0.3, 0.4) is 0 Å². The molecule has 0 amide bonds. The summed E-state index contributed by atoms with van der Waals surface area (Å²) >= 11 is 0. The van der Waals surface area contributed by atoms with Gasteiger partial charge in [0.05, 0.1) is 20.7 Å². The van der Waals surface area contributed by atoms with Crippen LogP contribution in [0.4, 0.5) is 0 Å². The van der Waals surface area contributed by atoms with Gasteiger partial charge < -0.3 is 90.7 Å². The Morgan fingerprint density at radius 3 is 0.966 bits per heavy atom. The van der Waals surface area contributed by atoms with Crippen molar-refractivity contribution in [3.8, 4) is 0 Å². The third kappa shape index (κ3) is 71.9. The van der Waals surface area contributed by atoms with Crippen molar-refractivity contribution in [3.63, 3.8) is 0 Å². The van der Waals surface area contributed by atoms with Gasteiger partial charge in [-0.2, -0.15) is 0 Å². The van der Waals surface area contributed by atoms with E-state index in [2.05, 4.69) is 0 Å². The minimum Gasteiger partial charge on any atom is -1.00 e. The summed E-state index contributed by atoms with van der Waals surface area (Å²) in [4.78, 5) is 76.3. The second-order valence-electron chi connectivity index (χ2n) is 3.46. The van der Waals surface area contributed by atoms with Gasteiger partial charge in [-0.25, -0.2) is 9.36 Å². The van der Waals surface area contributed by atoms with Gasteiger partial charge in [0.1, 0.15) is 0 Å². The zero-order chi connectivity index (χ0) is 19.6. The maximum absolute atomic E-state index is 10.3.